The summed E-state index contributed by atoms with van der Waals surface area (Å²) in [6.07, 6.45) is 1.13. The molecule has 0 amide bonds. The lowest BCUT2D eigenvalue weighted by atomic mass is 10.0. The van der Waals surface area contributed by atoms with Crippen molar-refractivity contribution >= 4 is 0 Å². The molecule has 2 unspecified atom stereocenters. The number of nitrogens with zero attached hydrogens (tertiary/aromatic N) is 1. The van der Waals surface area contributed by atoms with E-state index in [9.17, 15) is 0 Å². The zero-order valence-electron chi connectivity index (χ0n) is 12.3. The van der Waals surface area contributed by atoms with E-state index in [1.54, 1.807) is 0 Å². The molecule has 0 aliphatic carbocycles. The summed E-state index contributed by atoms with van der Waals surface area (Å²) in [5.74, 6) is 0.686. The number of hydrogen-bond acceptors (Lipinski definition) is 2. The average molecular weight is 248 g/mol. The van der Waals surface area contributed by atoms with Crippen molar-refractivity contribution in [3.8, 4) is 0 Å². The normalized spacial score (nSPS) is 14.7. The summed E-state index contributed by atoms with van der Waals surface area (Å²) in [5, 5.41) is 3.43. The highest BCUT2D eigenvalue weighted by Gasteiger charge is 2.16. The summed E-state index contributed by atoms with van der Waals surface area (Å²) in [7, 11) is 2.23. The Labute approximate surface area is 112 Å². The van der Waals surface area contributed by atoms with Gasteiger partial charge in [-0.05, 0) is 45.0 Å². The van der Waals surface area contributed by atoms with Crippen LogP contribution in [0.15, 0.2) is 30.3 Å². The number of nitrogens with one attached hydrogen (secondary N) is 1. The number of hydrogen-bond donors (Lipinski definition) is 1. The minimum absolute atomic E-state index is 0.618. The smallest absolute Gasteiger partial charge is 0.0102 e. The van der Waals surface area contributed by atoms with Crippen molar-refractivity contribution in [2.24, 2.45) is 5.92 Å². The number of rotatable bonds is 8. The standard InChI is InChI=1S/C16H28N2/c1-5-17-13-14(2)15(3)18(4)12-11-16-9-7-6-8-10-16/h6-10,14-15,17H,5,11-13H2,1-4H3. The third-order valence-corrected chi connectivity index (χ3v) is 3.83. The first-order chi connectivity index (χ1) is 8.65. The summed E-state index contributed by atoms with van der Waals surface area (Å²) in [6.45, 7) is 10.1. The maximum atomic E-state index is 3.43. The molecule has 0 spiro atoms. The molecule has 2 heteroatoms. The van der Waals surface area contributed by atoms with Crippen LogP contribution in [0.1, 0.15) is 26.3 Å². The van der Waals surface area contributed by atoms with Crippen molar-refractivity contribution in [2.45, 2.75) is 33.2 Å². The second-order valence-corrected chi connectivity index (χ2v) is 5.24. The largest absolute Gasteiger partial charge is 0.317 e. The van der Waals surface area contributed by atoms with Gasteiger partial charge >= 0.3 is 0 Å². The molecular formula is C16H28N2. The highest BCUT2D eigenvalue weighted by atomic mass is 15.1. The Morgan fingerprint density at radius 1 is 1.17 bits per heavy atom. The fraction of sp³-hybridized carbons (Fsp3) is 0.625. The van der Waals surface area contributed by atoms with Crippen LogP contribution in [0.2, 0.25) is 0 Å². The van der Waals surface area contributed by atoms with E-state index in [0.29, 0.717) is 12.0 Å². The highest BCUT2D eigenvalue weighted by Crippen LogP contribution is 2.09. The van der Waals surface area contributed by atoms with E-state index in [1.807, 2.05) is 0 Å². The van der Waals surface area contributed by atoms with Gasteiger partial charge in [0, 0.05) is 12.6 Å². The van der Waals surface area contributed by atoms with Crippen molar-refractivity contribution in [3.63, 3.8) is 0 Å². The Kier molecular flexibility index (Phi) is 6.99. The van der Waals surface area contributed by atoms with Gasteiger partial charge in [-0.15, -0.1) is 0 Å². The second-order valence-electron chi connectivity index (χ2n) is 5.24. The van der Waals surface area contributed by atoms with Gasteiger partial charge in [0.2, 0.25) is 0 Å². The Hall–Kier alpha value is -0.860. The van der Waals surface area contributed by atoms with E-state index in [-0.39, 0.29) is 0 Å². The number of likely N-dealkylation sites (N-methyl/N-ethyl adjacent to an activating group) is 1. The molecule has 1 rings (SSSR count). The van der Waals surface area contributed by atoms with Crippen LogP contribution in [0.3, 0.4) is 0 Å². The van der Waals surface area contributed by atoms with Gasteiger partial charge in [0.1, 0.15) is 0 Å². The molecule has 2 atom stereocenters. The topological polar surface area (TPSA) is 15.3 Å². The quantitative estimate of drug-likeness (QED) is 0.761. The van der Waals surface area contributed by atoms with Gasteiger partial charge in [-0.25, -0.2) is 0 Å². The summed E-state index contributed by atoms with van der Waals surface area (Å²) in [5.41, 5.74) is 1.43. The van der Waals surface area contributed by atoms with Crippen LogP contribution in [0.25, 0.3) is 0 Å². The minimum atomic E-state index is 0.618. The van der Waals surface area contributed by atoms with Crippen molar-refractivity contribution in [1.29, 1.82) is 0 Å². The van der Waals surface area contributed by atoms with Crippen LogP contribution in [-0.2, 0) is 6.42 Å². The molecule has 0 fully saturated rings. The van der Waals surface area contributed by atoms with Gasteiger partial charge in [0.05, 0.1) is 0 Å². The Bertz CT molecular complexity index is 310. The SMILES string of the molecule is CCNCC(C)C(C)N(C)CCc1ccccc1. The van der Waals surface area contributed by atoms with Crippen LogP contribution in [-0.4, -0.2) is 37.6 Å². The molecule has 1 aromatic carbocycles. The molecule has 0 heterocycles. The molecule has 0 aliphatic heterocycles. The van der Waals surface area contributed by atoms with Crippen LogP contribution in [0, 0.1) is 5.92 Å². The van der Waals surface area contributed by atoms with E-state index >= 15 is 0 Å². The average Bonchev–Trinajstić information content (AvgIpc) is 2.42. The first kappa shape index (κ1) is 15.2. The van der Waals surface area contributed by atoms with Crippen LogP contribution in [0.4, 0.5) is 0 Å². The molecule has 0 saturated carbocycles. The van der Waals surface area contributed by atoms with E-state index in [2.05, 4.69) is 68.4 Å². The summed E-state index contributed by atoms with van der Waals surface area (Å²) < 4.78 is 0. The van der Waals surface area contributed by atoms with Gasteiger partial charge in [-0.2, -0.15) is 0 Å². The first-order valence-electron chi connectivity index (χ1n) is 7.10. The molecule has 2 nitrogen and oxygen atoms in total. The van der Waals surface area contributed by atoms with Crippen molar-refractivity contribution in [1.82, 2.24) is 10.2 Å². The summed E-state index contributed by atoms with van der Waals surface area (Å²) in [6, 6.07) is 11.3. The Morgan fingerprint density at radius 3 is 2.44 bits per heavy atom. The van der Waals surface area contributed by atoms with Gasteiger partial charge in [0.25, 0.3) is 0 Å². The predicted molar refractivity (Wildman–Crippen MR) is 79.9 cm³/mol. The van der Waals surface area contributed by atoms with Crippen molar-refractivity contribution < 1.29 is 0 Å². The third kappa shape index (κ3) is 5.19. The van der Waals surface area contributed by atoms with E-state index in [1.165, 1.54) is 5.56 Å². The molecule has 0 aliphatic rings. The Balaban J connectivity index is 2.33. The van der Waals surface area contributed by atoms with E-state index < -0.39 is 0 Å². The molecule has 0 bridgehead atoms. The van der Waals surface area contributed by atoms with Crippen molar-refractivity contribution in [3.05, 3.63) is 35.9 Å². The lowest BCUT2D eigenvalue weighted by molar-refractivity contribution is 0.198. The van der Waals surface area contributed by atoms with Crippen LogP contribution < -0.4 is 5.32 Å². The second kappa shape index (κ2) is 8.28. The van der Waals surface area contributed by atoms with Crippen LogP contribution >= 0.6 is 0 Å². The maximum Gasteiger partial charge on any atom is 0.0102 e. The summed E-state index contributed by atoms with van der Waals surface area (Å²) in [4.78, 5) is 2.47. The van der Waals surface area contributed by atoms with Gasteiger partial charge in [-0.3, -0.25) is 0 Å². The molecular weight excluding hydrogens is 220 g/mol. The van der Waals surface area contributed by atoms with Crippen molar-refractivity contribution in [2.75, 3.05) is 26.7 Å². The van der Waals surface area contributed by atoms with E-state index in [4.69, 9.17) is 0 Å². The molecule has 102 valence electrons. The predicted octanol–water partition coefficient (Wildman–Crippen LogP) is 2.80. The minimum Gasteiger partial charge on any atom is -0.317 e. The van der Waals surface area contributed by atoms with Gasteiger partial charge in [0.15, 0.2) is 0 Å². The van der Waals surface area contributed by atoms with E-state index in [0.717, 1.165) is 26.1 Å². The molecule has 0 saturated heterocycles. The molecule has 0 aromatic heterocycles. The van der Waals surface area contributed by atoms with Gasteiger partial charge in [-0.1, -0.05) is 44.2 Å². The zero-order valence-corrected chi connectivity index (χ0v) is 12.3. The zero-order chi connectivity index (χ0) is 13.4. The molecule has 1 N–H and O–H groups in total. The third-order valence-electron chi connectivity index (χ3n) is 3.83. The first-order valence-corrected chi connectivity index (χ1v) is 7.10. The van der Waals surface area contributed by atoms with Gasteiger partial charge < -0.3 is 10.2 Å². The molecule has 0 radical (unpaired) electrons. The monoisotopic (exact) mass is 248 g/mol. The number of benzene rings is 1. The fourth-order valence-electron chi connectivity index (χ4n) is 2.13. The lowest BCUT2D eigenvalue weighted by Gasteiger charge is -2.30. The molecule has 1 aromatic rings. The summed E-state index contributed by atoms with van der Waals surface area (Å²) >= 11 is 0. The fourth-order valence-corrected chi connectivity index (χ4v) is 2.13. The Morgan fingerprint density at radius 2 is 1.83 bits per heavy atom. The van der Waals surface area contributed by atoms with Crippen LogP contribution in [0.5, 0.6) is 0 Å². The molecule has 18 heavy (non-hydrogen) atoms. The lowest BCUT2D eigenvalue weighted by Crippen LogP contribution is -2.39. The highest BCUT2D eigenvalue weighted by molar-refractivity contribution is 5.14. The maximum absolute atomic E-state index is 3.43.